The van der Waals surface area contributed by atoms with Gasteiger partial charge in [-0.15, -0.1) is 11.3 Å². The summed E-state index contributed by atoms with van der Waals surface area (Å²) in [5.74, 6) is -0.551. The fraction of sp³-hybridized carbons (Fsp3) is 0.182. The van der Waals surface area contributed by atoms with E-state index in [2.05, 4.69) is 5.32 Å². The van der Waals surface area contributed by atoms with E-state index < -0.39 is 39.2 Å². The Labute approximate surface area is 201 Å². The molecule has 0 bridgehead atoms. The molecule has 1 atom stereocenters. The molecule has 0 spiro atoms. The van der Waals surface area contributed by atoms with Crippen molar-refractivity contribution < 1.29 is 33.6 Å². The van der Waals surface area contributed by atoms with Crippen molar-refractivity contribution in [1.82, 2.24) is 0 Å². The molecule has 1 amide bonds. The zero-order valence-electron chi connectivity index (χ0n) is 18.1. The number of nitro benzene ring substituents is 2. The molecule has 2 aromatic carbocycles. The number of hydrogen-bond acceptors (Lipinski definition) is 10. The molecular weight excluding hydrogens is 482 g/mol. The number of fused-ring (bicyclic) bond motifs is 1. The van der Waals surface area contributed by atoms with Gasteiger partial charge in [-0.3, -0.25) is 25.0 Å². The number of anilines is 1. The summed E-state index contributed by atoms with van der Waals surface area (Å²) in [5.41, 5.74) is -1.09. The molecule has 1 N–H and O–H groups in total. The molecule has 0 fully saturated rings. The first-order chi connectivity index (χ1) is 16.8. The molecule has 1 aromatic heterocycles. The molecule has 1 aliphatic rings. The molecule has 0 saturated heterocycles. The Morgan fingerprint density at radius 1 is 1.11 bits per heavy atom. The topological polar surface area (TPSA) is 160 Å². The van der Waals surface area contributed by atoms with Gasteiger partial charge in [-0.2, -0.15) is 0 Å². The number of ether oxygens (including phenoxy) is 3. The second-order valence-electron chi connectivity index (χ2n) is 7.19. The van der Waals surface area contributed by atoms with Gasteiger partial charge in [0.2, 0.25) is 0 Å². The summed E-state index contributed by atoms with van der Waals surface area (Å²) in [7, 11) is 0. The van der Waals surface area contributed by atoms with Crippen LogP contribution < -0.4 is 14.8 Å². The van der Waals surface area contributed by atoms with E-state index in [-0.39, 0.29) is 29.3 Å². The van der Waals surface area contributed by atoms with Crippen molar-refractivity contribution in [2.24, 2.45) is 0 Å². The molecule has 1 aliphatic heterocycles. The summed E-state index contributed by atoms with van der Waals surface area (Å²) >= 11 is 1.01. The van der Waals surface area contributed by atoms with Crippen molar-refractivity contribution in [3.05, 3.63) is 84.8 Å². The first-order valence-electron chi connectivity index (χ1n) is 10.2. The van der Waals surface area contributed by atoms with Gasteiger partial charge in [0, 0.05) is 23.1 Å². The van der Waals surface area contributed by atoms with E-state index in [0.717, 1.165) is 29.5 Å². The van der Waals surface area contributed by atoms with Gasteiger partial charge < -0.3 is 19.5 Å². The lowest BCUT2D eigenvalue weighted by Crippen LogP contribution is -2.24. The number of hydrogen-bond donors (Lipinski definition) is 1. The van der Waals surface area contributed by atoms with Crippen LogP contribution in [0.5, 0.6) is 11.5 Å². The number of benzene rings is 2. The second-order valence-corrected chi connectivity index (χ2v) is 8.07. The minimum Gasteiger partial charge on any atom is -0.485 e. The minimum atomic E-state index is -0.873. The number of amides is 1. The maximum atomic E-state index is 12.9. The Morgan fingerprint density at radius 2 is 1.77 bits per heavy atom. The van der Waals surface area contributed by atoms with E-state index in [9.17, 15) is 29.8 Å². The third-order valence-electron chi connectivity index (χ3n) is 4.97. The Balaban J connectivity index is 1.67. The second kappa shape index (κ2) is 9.77. The number of carbonyl (C=O) groups excluding carboxylic acids is 2. The van der Waals surface area contributed by atoms with Crippen LogP contribution >= 0.6 is 11.3 Å². The number of esters is 1. The standard InChI is InChI=1S/C22H17N3O9S/c1-2-32-22(27)19-15(18-10-33-16-5-3-4-6-17(16)34-18)11-35-21(19)23-20(26)12-7-13(24(28)29)9-14(8-12)25(30)31/h3-9,11,18H,2,10H2,1H3,(H,23,26)/t18-/m0/s1. The van der Waals surface area contributed by atoms with Crippen molar-refractivity contribution in [3.63, 3.8) is 0 Å². The van der Waals surface area contributed by atoms with Crippen LogP contribution in [0.4, 0.5) is 16.4 Å². The van der Waals surface area contributed by atoms with Crippen LogP contribution in [0, 0.1) is 20.2 Å². The summed E-state index contributed by atoms with van der Waals surface area (Å²) < 4.78 is 16.9. The molecular formula is C22H17N3O9S. The lowest BCUT2D eigenvalue weighted by atomic mass is 10.1. The number of rotatable bonds is 7. The summed E-state index contributed by atoms with van der Waals surface area (Å²) in [6, 6.07) is 9.61. The first-order valence-corrected chi connectivity index (χ1v) is 11.1. The van der Waals surface area contributed by atoms with Crippen molar-refractivity contribution in [1.29, 1.82) is 0 Å². The van der Waals surface area contributed by atoms with Gasteiger partial charge in [0.25, 0.3) is 17.3 Å². The Bertz CT molecular complexity index is 1310. The summed E-state index contributed by atoms with van der Waals surface area (Å²) in [6.07, 6.45) is -0.676. The zero-order chi connectivity index (χ0) is 25.1. The van der Waals surface area contributed by atoms with Gasteiger partial charge in [-0.05, 0) is 19.1 Å². The Kier molecular flexibility index (Phi) is 6.59. The van der Waals surface area contributed by atoms with Gasteiger partial charge in [0.15, 0.2) is 17.6 Å². The predicted molar refractivity (Wildman–Crippen MR) is 123 cm³/mol. The van der Waals surface area contributed by atoms with Crippen molar-refractivity contribution in [2.75, 3.05) is 18.5 Å². The highest BCUT2D eigenvalue weighted by Crippen LogP contribution is 2.40. The van der Waals surface area contributed by atoms with Crippen LogP contribution in [0.1, 0.15) is 39.3 Å². The third kappa shape index (κ3) is 4.89. The monoisotopic (exact) mass is 499 g/mol. The fourth-order valence-corrected chi connectivity index (χ4v) is 4.38. The Hall–Kier alpha value is -4.52. The zero-order valence-corrected chi connectivity index (χ0v) is 18.9. The average Bonchev–Trinajstić information content (AvgIpc) is 3.27. The molecule has 4 rings (SSSR count). The maximum absolute atomic E-state index is 12.9. The van der Waals surface area contributed by atoms with E-state index in [4.69, 9.17) is 14.2 Å². The molecule has 180 valence electrons. The fourth-order valence-electron chi connectivity index (χ4n) is 3.40. The number of thiophene rings is 1. The summed E-state index contributed by atoms with van der Waals surface area (Å²) in [4.78, 5) is 46.3. The average molecular weight is 499 g/mol. The van der Waals surface area contributed by atoms with Gasteiger partial charge >= 0.3 is 5.97 Å². The lowest BCUT2D eigenvalue weighted by molar-refractivity contribution is -0.394. The van der Waals surface area contributed by atoms with Gasteiger partial charge in [0.05, 0.1) is 28.1 Å². The number of non-ortho nitro benzene ring substituents is 2. The van der Waals surface area contributed by atoms with E-state index in [1.807, 2.05) is 0 Å². The largest absolute Gasteiger partial charge is 0.485 e. The van der Waals surface area contributed by atoms with Crippen LogP contribution in [-0.2, 0) is 4.74 Å². The van der Waals surface area contributed by atoms with Crippen LogP contribution in [0.3, 0.4) is 0 Å². The number of nitro groups is 2. The molecule has 3 aromatic rings. The minimum absolute atomic E-state index is 0.0399. The molecule has 0 saturated carbocycles. The van der Waals surface area contributed by atoms with Crippen LogP contribution in [0.25, 0.3) is 0 Å². The van der Waals surface area contributed by atoms with Crippen molar-refractivity contribution >= 4 is 39.6 Å². The molecule has 35 heavy (non-hydrogen) atoms. The molecule has 0 aliphatic carbocycles. The van der Waals surface area contributed by atoms with Crippen molar-refractivity contribution in [2.45, 2.75) is 13.0 Å². The first kappa shape index (κ1) is 23.6. The highest BCUT2D eigenvalue weighted by atomic mass is 32.1. The smallest absolute Gasteiger partial charge is 0.341 e. The van der Waals surface area contributed by atoms with Crippen molar-refractivity contribution in [3.8, 4) is 11.5 Å². The number of para-hydroxylation sites is 2. The van der Waals surface area contributed by atoms with Crippen LogP contribution in [0.15, 0.2) is 47.8 Å². The number of nitrogens with one attached hydrogen (secondary N) is 1. The van der Waals surface area contributed by atoms with Gasteiger partial charge in [0.1, 0.15) is 17.2 Å². The molecule has 13 heteroatoms. The lowest BCUT2D eigenvalue weighted by Gasteiger charge is -2.26. The quantitative estimate of drug-likeness (QED) is 0.280. The highest BCUT2D eigenvalue weighted by Gasteiger charge is 2.31. The van der Waals surface area contributed by atoms with Gasteiger partial charge in [-0.1, -0.05) is 12.1 Å². The molecule has 0 radical (unpaired) electrons. The van der Waals surface area contributed by atoms with Crippen LogP contribution in [0.2, 0.25) is 0 Å². The highest BCUT2D eigenvalue weighted by molar-refractivity contribution is 7.15. The Morgan fingerprint density at radius 3 is 2.40 bits per heavy atom. The van der Waals surface area contributed by atoms with Crippen LogP contribution in [-0.4, -0.2) is 34.9 Å². The predicted octanol–water partition coefficient (Wildman–Crippen LogP) is 4.51. The molecule has 2 heterocycles. The number of nitrogens with zero attached hydrogens (tertiary/aromatic N) is 2. The SMILES string of the molecule is CCOC(=O)c1c([C@@H]2COc3ccccc3O2)csc1NC(=O)c1cc([N+](=O)[O-])cc([N+](=O)[O-])c1. The summed E-state index contributed by atoms with van der Waals surface area (Å²) in [6.45, 7) is 1.80. The number of carbonyl (C=O) groups is 2. The van der Waals surface area contributed by atoms with Gasteiger partial charge in [-0.25, -0.2) is 4.79 Å². The van der Waals surface area contributed by atoms with E-state index >= 15 is 0 Å². The normalized spacial score (nSPS) is 14.1. The molecule has 12 nitrogen and oxygen atoms in total. The van der Waals surface area contributed by atoms with E-state index in [0.29, 0.717) is 17.1 Å². The van der Waals surface area contributed by atoms with E-state index in [1.54, 1.807) is 36.6 Å². The molecule has 0 unspecified atom stereocenters. The third-order valence-corrected chi connectivity index (χ3v) is 5.88. The summed E-state index contributed by atoms with van der Waals surface area (Å²) in [5, 5.41) is 26.5. The van der Waals surface area contributed by atoms with E-state index in [1.165, 1.54) is 0 Å². The maximum Gasteiger partial charge on any atom is 0.341 e.